The van der Waals surface area contributed by atoms with Crippen LogP contribution in [0.3, 0.4) is 0 Å². The van der Waals surface area contributed by atoms with Crippen LogP contribution in [0.2, 0.25) is 0 Å². The summed E-state index contributed by atoms with van der Waals surface area (Å²) >= 11 is 0. The fraction of sp³-hybridized carbons (Fsp3) is 0.190. The molecule has 0 spiro atoms. The first-order valence-electron chi connectivity index (χ1n) is 9.07. The summed E-state index contributed by atoms with van der Waals surface area (Å²) in [4.78, 5) is 38.2. The summed E-state index contributed by atoms with van der Waals surface area (Å²) in [5, 5.41) is 2.82. The number of furan rings is 1. The first kappa shape index (κ1) is 17.8. The van der Waals surface area contributed by atoms with Gasteiger partial charge in [-0.2, -0.15) is 0 Å². The molecule has 0 radical (unpaired) electrons. The third-order valence-electron chi connectivity index (χ3n) is 4.63. The number of anilines is 2. The monoisotopic (exact) mass is 377 g/mol. The van der Waals surface area contributed by atoms with Crippen LogP contribution in [-0.2, 0) is 11.3 Å². The predicted molar refractivity (Wildman–Crippen MR) is 104 cm³/mol. The highest BCUT2D eigenvalue weighted by Gasteiger charge is 2.24. The van der Waals surface area contributed by atoms with Crippen molar-refractivity contribution >= 4 is 23.2 Å². The summed E-state index contributed by atoms with van der Waals surface area (Å²) in [5.41, 5.74) is 1.09. The molecule has 7 nitrogen and oxygen atoms in total. The lowest BCUT2D eigenvalue weighted by Gasteiger charge is -2.19. The molecule has 1 N–H and O–H groups in total. The number of aromatic nitrogens is 1. The third kappa shape index (κ3) is 3.59. The second kappa shape index (κ2) is 7.56. The summed E-state index contributed by atoms with van der Waals surface area (Å²) in [6.07, 6.45) is 2.98. The fourth-order valence-electron chi connectivity index (χ4n) is 3.25. The highest BCUT2D eigenvalue weighted by atomic mass is 16.4. The predicted octanol–water partition coefficient (Wildman–Crippen LogP) is 2.87. The van der Waals surface area contributed by atoms with E-state index >= 15 is 0 Å². The smallest absolute Gasteiger partial charge is 0.291 e. The van der Waals surface area contributed by atoms with E-state index < -0.39 is 5.91 Å². The van der Waals surface area contributed by atoms with Gasteiger partial charge in [-0.1, -0.05) is 18.2 Å². The zero-order valence-electron chi connectivity index (χ0n) is 15.1. The third-order valence-corrected chi connectivity index (χ3v) is 4.63. The molecule has 142 valence electrons. The molecule has 4 rings (SSSR count). The highest BCUT2D eigenvalue weighted by molar-refractivity contribution is 6.06. The van der Waals surface area contributed by atoms with E-state index in [0.717, 1.165) is 6.42 Å². The molecule has 3 heterocycles. The van der Waals surface area contributed by atoms with Gasteiger partial charge in [-0.15, -0.1) is 0 Å². The van der Waals surface area contributed by atoms with Gasteiger partial charge in [-0.3, -0.25) is 14.4 Å². The zero-order chi connectivity index (χ0) is 19.5. The quantitative estimate of drug-likeness (QED) is 0.741. The van der Waals surface area contributed by atoms with Gasteiger partial charge in [0.25, 0.3) is 11.5 Å². The lowest BCUT2D eigenvalue weighted by molar-refractivity contribution is -0.117. The van der Waals surface area contributed by atoms with Gasteiger partial charge in [0.2, 0.25) is 5.91 Å². The van der Waals surface area contributed by atoms with Crippen LogP contribution in [0.25, 0.3) is 0 Å². The van der Waals surface area contributed by atoms with Crippen LogP contribution in [0.5, 0.6) is 0 Å². The number of benzene rings is 1. The average molecular weight is 377 g/mol. The SMILES string of the molecule is O=C(Nc1ccccc1N1CCCC1=O)c1ccc(Cn2ccccc2=O)o1. The Morgan fingerprint density at radius 3 is 2.64 bits per heavy atom. The van der Waals surface area contributed by atoms with E-state index in [1.165, 1.54) is 10.6 Å². The number of rotatable bonds is 5. The van der Waals surface area contributed by atoms with E-state index in [9.17, 15) is 14.4 Å². The van der Waals surface area contributed by atoms with Crippen molar-refractivity contribution in [2.45, 2.75) is 19.4 Å². The molecule has 0 unspecified atom stereocenters. The molecule has 2 amide bonds. The molecule has 0 saturated carbocycles. The maximum absolute atomic E-state index is 12.6. The number of hydrogen-bond donors (Lipinski definition) is 1. The topological polar surface area (TPSA) is 84.5 Å². The standard InChI is InChI=1S/C21H19N3O4/c25-19-8-3-4-12-23(19)14-15-10-11-18(28-15)21(27)22-16-6-1-2-7-17(16)24-13-5-9-20(24)26/h1-4,6-8,10-12H,5,9,13-14H2,(H,22,27). The van der Waals surface area contributed by atoms with Crippen LogP contribution in [0.15, 0.2) is 70.0 Å². The van der Waals surface area contributed by atoms with E-state index in [4.69, 9.17) is 4.42 Å². The first-order chi connectivity index (χ1) is 13.6. The number of amides is 2. The first-order valence-corrected chi connectivity index (χ1v) is 9.07. The molecule has 28 heavy (non-hydrogen) atoms. The van der Waals surface area contributed by atoms with Crippen LogP contribution in [0.4, 0.5) is 11.4 Å². The summed E-state index contributed by atoms with van der Waals surface area (Å²) < 4.78 is 7.11. The summed E-state index contributed by atoms with van der Waals surface area (Å²) in [5.74, 6) is 0.282. The second-order valence-corrected chi connectivity index (χ2v) is 6.55. The largest absolute Gasteiger partial charge is 0.454 e. The van der Waals surface area contributed by atoms with Gasteiger partial charge in [0.05, 0.1) is 17.9 Å². The van der Waals surface area contributed by atoms with Gasteiger partial charge in [0.1, 0.15) is 5.76 Å². The number of nitrogens with one attached hydrogen (secondary N) is 1. The van der Waals surface area contributed by atoms with Gasteiger partial charge in [-0.05, 0) is 36.8 Å². The van der Waals surface area contributed by atoms with Crippen molar-refractivity contribution in [1.29, 1.82) is 0 Å². The molecule has 1 aliphatic rings. The molecule has 2 aromatic heterocycles. The van der Waals surface area contributed by atoms with Crippen molar-refractivity contribution in [3.8, 4) is 0 Å². The normalized spacial score (nSPS) is 13.7. The molecule has 7 heteroatoms. The minimum atomic E-state index is -0.411. The number of hydrogen-bond acceptors (Lipinski definition) is 4. The number of pyridine rings is 1. The van der Waals surface area contributed by atoms with Gasteiger partial charge >= 0.3 is 0 Å². The minimum absolute atomic E-state index is 0.0512. The van der Waals surface area contributed by atoms with Crippen molar-refractivity contribution in [3.63, 3.8) is 0 Å². The van der Waals surface area contributed by atoms with Crippen molar-refractivity contribution in [2.75, 3.05) is 16.8 Å². The van der Waals surface area contributed by atoms with Crippen molar-refractivity contribution in [2.24, 2.45) is 0 Å². The summed E-state index contributed by atoms with van der Waals surface area (Å²) in [7, 11) is 0. The van der Waals surface area contributed by atoms with Crippen LogP contribution >= 0.6 is 0 Å². The Kier molecular flexibility index (Phi) is 4.80. The van der Waals surface area contributed by atoms with Crippen LogP contribution < -0.4 is 15.8 Å². The molecule has 1 saturated heterocycles. The van der Waals surface area contributed by atoms with E-state index in [1.807, 2.05) is 12.1 Å². The van der Waals surface area contributed by atoms with Crippen molar-refractivity contribution in [3.05, 3.63) is 82.7 Å². The van der Waals surface area contributed by atoms with E-state index in [-0.39, 0.29) is 23.8 Å². The lowest BCUT2D eigenvalue weighted by Crippen LogP contribution is -2.25. The Bertz CT molecular complexity index is 1080. The molecule has 0 atom stereocenters. The zero-order valence-corrected chi connectivity index (χ0v) is 15.1. The highest BCUT2D eigenvalue weighted by Crippen LogP contribution is 2.29. The average Bonchev–Trinajstić information content (AvgIpc) is 3.33. The Labute approximate surface area is 161 Å². The molecule has 0 bridgehead atoms. The summed E-state index contributed by atoms with van der Waals surface area (Å²) in [6, 6.07) is 15.3. The molecular formula is C21H19N3O4. The Morgan fingerprint density at radius 2 is 1.86 bits per heavy atom. The number of nitrogens with zero attached hydrogens (tertiary/aromatic N) is 2. The minimum Gasteiger partial charge on any atom is -0.454 e. The Balaban J connectivity index is 1.51. The Hall–Kier alpha value is -3.61. The fourth-order valence-corrected chi connectivity index (χ4v) is 3.25. The molecule has 0 aliphatic carbocycles. The van der Waals surface area contributed by atoms with E-state index in [2.05, 4.69) is 5.32 Å². The van der Waals surface area contributed by atoms with E-state index in [1.54, 1.807) is 47.5 Å². The molecule has 1 aromatic carbocycles. The van der Waals surface area contributed by atoms with Crippen LogP contribution in [-0.4, -0.2) is 22.9 Å². The van der Waals surface area contributed by atoms with Crippen molar-refractivity contribution < 1.29 is 14.0 Å². The number of para-hydroxylation sites is 2. The van der Waals surface area contributed by atoms with Gasteiger partial charge in [0.15, 0.2) is 5.76 Å². The molecular weight excluding hydrogens is 358 g/mol. The van der Waals surface area contributed by atoms with Gasteiger partial charge in [0, 0.05) is 25.2 Å². The lowest BCUT2D eigenvalue weighted by atomic mass is 10.2. The van der Waals surface area contributed by atoms with Gasteiger partial charge in [-0.25, -0.2) is 0 Å². The maximum atomic E-state index is 12.6. The second-order valence-electron chi connectivity index (χ2n) is 6.55. The molecule has 3 aromatic rings. The molecule has 1 aliphatic heterocycles. The van der Waals surface area contributed by atoms with Crippen molar-refractivity contribution in [1.82, 2.24) is 4.57 Å². The maximum Gasteiger partial charge on any atom is 0.291 e. The van der Waals surface area contributed by atoms with E-state index in [0.29, 0.717) is 30.1 Å². The van der Waals surface area contributed by atoms with Crippen LogP contribution in [0.1, 0.15) is 29.2 Å². The summed E-state index contributed by atoms with van der Waals surface area (Å²) in [6.45, 7) is 0.883. The molecule has 1 fully saturated rings. The number of carbonyl (C=O) groups excluding carboxylic acids is 2. The number of carbonyl (C=O) groups is 2. The van der Waals surface area contributed by atoms with Gasteiger partial charge < -0.3 is 19.2 Å². The Morgan fingerprint density at radius 1 is 1.04 bits per heavy atom. The van der Waals surface area contributed by atoms with Crippen LogP contribution in [0, 0.1) is 0 Å².